The molecule has 0 aliphatic carbocycles. The van der Waals surface area contributed by atoms with E-state index in [0.29, 0.717) is 10.4 Å². The number of anilines is 1. The molecule has 1 aliphatic heterocycles. The maximum atomic E-state index is 13.4. The van der Waals surface area contributed by atoms with Crippen molar-refractivity contribution in [2.24, 2.45) is 0 Å². The van der Waals surface area contributed by atoms with Gasteiger partial charge in [0.05, 0.1) is 10.7 Å². The highest BCUT2D eigenvalue weighted by Gasteiger charge is 2.43. The van der Waals surface area contributed by atoms with Crippen LogP contribution < -0.4 is 5.32 Å². The van der Waals surface area contributed by atoms with Crippen LogP contribution in [0.3, 0.4) is 0 Å². The Balaban J connectivity index is 2.14. The van der Waals surface area contributed by atoms with Crippen molar-refractivity contribution in [3.63, 3.8) is 0 Å². The molecule has 1 unspecified atom stereocenters. The van der Waals surface area contributed by atoms with Gasteiger partial charge in [0.25, 0.3) is 0 Å². The van der Waals surface area contributed by atoms with Crippen molar-refractivity contribution in [2.75, 3.05) is 5.32 Å². The van der Waals surface area contributed by atoms with Gasteiger partial charge in [0.2, 0.25) is 10.0 Å². The molecule has 3 rings (SSSR count). The largest absolute Gasteiger partial charge is 0.479 e. The smallest absolute Gasteiger partial charge is 0.342 e. The Morgan fingerprint density at radius 3 is 2.35 bits per heavy atom. The minimum absolute atomic E-state index is 0.0624. The molecule has 26 heavy (non-hydrogen) atoms. The molecule has 2 aromatic rings. The van der Waals surface area contributed by atoms with Gasteiger partial charge in [0, 0.05) is 17.6 Å². The molecular formula is C15H10Cl2F2N2O4S. The molecule has 0 radical (unpaired) electrons. The van der Waals surface area contributed by atoms with Crippen molar-refractivity contribution in [3.05, 3.63) is 57.6 Å². The molecule has 2 aromatic carbocycles. The fraction of sp³-hybridized carbons (Fsp3) is 0.133. The van der Waals surface area contributed by atoms with E-state index >= 15 is 0 Å². The average Bonchev–Trinajstić information content (AvgIpc) is 2.47. The van der Waals surface area contributed by atoms with Crippen molar-refractivity contribution in [1.82, 2.24) is 4.31 Å². The number of carboxylic acid groups (broad SMARTS) is 1. The van der Waals surface area contributed by atoms with E-state index < -0.39 is 40.3 Å². The fourth-order valence-corrected chi connectivity index (χ4v) is 5.11. The van der Waals surface area contributed by atoms with Gasteiger partial charge in [0.1, 0.15) is 16.5 Å². The quantitative estimate of drug-likeness (QED) is 0.792. The second-order valence-electron chi connectivity index (χ2n) is 5.48. The topological polar surface area (TPSA) is 86.7 Å². The zero-order chi connectivity index (χ0) is 19.2. The van der Waals surface area contributed by atoms with Crippen LogP contribution in [0.5, 0.6) is 0 Å². The van der Waals surface area contributed by atoms with Gasteiger partial charge in [-0.1, -0.05) is 23.2 Å². The van der Waals surface area contributed by atoms with Gasteiger partial charge in [0.15, 0.2) is 6.17 Å². The molecule has 0 fully saturated rings. The number of fused-ring (bicyclic) bond motifs is 1. The molecule has 11 heteroatoms. The Morgan fingerprint density at radius 2 is 1.77 bits per heavy atom. The second kappa shape index (κ2) is 6.66. The Bertz CT molecular complexity index is 997. The number of hydrogen-bond acceptors (Lipinski definition) is 4. The summed E-state index contributed by atoms with van der Waals surface area (Å²) in [6, 6.07) is 4.88. The van der Waals surface area contributed by atoms with Crippen LogP contribution in [-0.2, 0) is 21.4 Å². The third kappa shape index (κ3) is 3.35. The monoisotopic (exact) mass is 422 g/mol. The first kappa shape index (κ1) is 18.8. The number of rotatable bonds is 3. The summed E-state index contributed by atoms with van der Waals surface area (Å²) in [5, 5.41) is 11.8. The summed E-state index contributed by atoms with van der Waals surface area (Å²) in [5.41, 5.74) is -0.135. The normalized spacial score (nSPS) is 18.8. The molecule has 0 amide bonds. The lowest BCUT2D eigenvalue weighted by Gasteiger charge is -2.35. The molecule has 6 nitrogen and oxygen atoms in total. The van der Waals surface area contributed by atoms with Crippen LogP contribution in [0.4, 0.5) is 14.5 Å². The van der Waals surface area contributed by atoms with Gasteiger partial charge in [-0.3, -0.25) is 0 Å². The summed E-state index contributed by atoms with van der Waals surface area (Å²) in [5.74, 6) is -3.34. The molecular weight excluding hydrogens is 413 g/mol. The van der Waals surface area contributed by atoms with Gasteiger partial charge in [-0.25, -0.2) is 22.0 Å². The van der Waals surface area contributed by atoms with Crippen LogP contribution >= 0.6 is 23.2 Å². The summed E-state index contributed by atoms with van der Waals surface area (Å²) in [6.07, 6.45) is -1.71. The number of benzene rings is 2. The van der Waals surface area contributed by atoms with Gasteiger partial charge in [-0.05, 0) is 29.8 Å². The highest BCUT2D eigenvalue weighted by atomic mass is 35.5. The van der Waals surface area contributed by atoms with Crippen LogP contribution in [-0.4, -0.2) is 30.0 Å². The number of carbonyl (C=O) groups is 1. The predicted molar refractivity (Wildman–Crippen MR) is 90.6 cm³/mol. The third-order valence-corrected chi connectivity index (χ3v) is 6.19. The number of carboxylic acids is 1. The summed E-state index contributed by atoms with van der Waals surface area (Å²) in [7, 11) is -4.39. The van der Waals surface area contributed by atoms with Crippen molar-refractivity contribution in [1.29, 1.82) is 0 Å². The lowest BCUT2D eigenvalue weighted by atomic mass is 10.2. The standard InChI is InChI=1S/C15H10Cl2F2N2O4S/c16-8-3-11(17)13-12(4-8)20-14(15(22)23)21(26(13,24)25)6-7-1-9(18)5-10(19)2-7/h1-5,14,20H,6H2,(H,22,23). The number of aliphatic carboxylic acids is 1. The Kier molecular flexibility index (Phi) is 4.82. The lowest BCUT2D eigenvalue weighted by Crippen LogP contribution is -2.52. The highest BCUT2D eigenvalue weighted by Crippen LogP contribution is 2.40. The van der Waals surface area contributed by atoms with Crippen LogP contribution in [0, 0.1) is 11.6 Å². The second-order valence-corrected chi connectivity index (χ2v) is 8.15. The first-order valence-corrected chi connectivity index (χ1v) is 9.24. The van der Waals surface area contributed by atoms with E-state index in [2.05, 4.69) is 5.32 Å². The zero-order valence-electron chi connectivity index (χ0n) is 12.7. The molecule has 1 atom stereocenters. The molecule has 0 bridgehead atoms. The number of nitrogens with zero attached hydrogens (tertiary/aromatic N) is 1. The van der Waals surface area contributed by atoms with Crippen LogP contribution in [0.15, 0.2) is 35.2 Å². The number of nitrogens with one attached hydrogen (secondary N) is 1. The van der Waals surface area contributed by atoms with Crippen molar-refractivity contribution in [3.8, 4) is 0 Å². The van der Waals surface area contributed by atoms with E-state index in [1.807, 2.05) is 0 Å². The first-order valence-electron chi connectivity index (χ1n) is 7.05. The van der Waals surface area contributed by atoms with E-state index in [0.717, 1.165) is 12.1 Å². The van der Waals surface area contributed by atoms with Crippen LogP contribution in [0.1, 0.15) is 5.56 Å². The van der Waals surface area contributed by atoms with E-state index in [1.54, 1.807) is 0 Å². The Hall–Kier alpha value is -1.94. The van der Waals surface area contributed by atoms with E-state index in [9.17, 15) is 27.1 Å². The molecule has 138 valence electrons. The first-order chi connectivity index (χ1) is 12.1. The molecule has 1 heterocycles. The number of halogens is 4. The lowest BCUT2D eigenvalue weighted by molar-refractivity contribution is -0.140. The molecule has 0 spiro atoms. The molecule has 0 saturated heterocycles. The van der Waals surface area contributed by atoms with Gasteiger partial charge in [-0.15, -0.1) is 0 Å². The van der Waals surface area contributed by atoms with Crippen LogP contribution in [0.25, 0.3) is 0 Å². The fourth-order valence-electron chi connectivity index (χ4n) is 2.65. The number of hydrogen-bond donors (Lipinski definition) is 2. The predicted octanol–water partition coefficient (Wildman–Crippen LogP) is 3.30. The van der Waals surface area contributed by atoms with Gasteiger partial charge >= 0.3 is 5.97 Å². The molecule has 0 saturated carbocycles. The average molecular weight is 423 g/mol. The molecule has 1 aliphatic rings. The molecule has 2 N–H and O–H groups in total. The minimum Gasteiger partial charge on any atom is -0.479 e. The Labute approximate surface area is 157 Å². The van der Waals surface area contributed by atoms with Gasteiger partial charge in [-0.2, -0.15) is 4.31 Å². The van der Waals surface area contributed by atoms with Gasteiger partial charge < -0.3 is 10.4 Å². The van der Waals surface area contributed by atoms with Crippen molar-refractivity contribution in [2.45, 2.75) is 17.6 Å². The highest BCUT2D eigenvalue weighted by molar-refractivity contribution is 7.89. The number of sulfonamides is 1. The summed E-state index contributed by atoms with van der Waals surface area (Å²) in [4.78, 5) is 11.2. The SMILES string of the molecule is O=C(O)C1Nc2cc(Cl)cc(Cl)c2S(=O)(=O)N1Cc1cc(F)cc(F)c1. The maximum absolute atomic E-state index is 13.4. The Morgan fingerprint density at radius 1 is 1.15 bits per heavy atom. The van der Waals surface area contributed by atoms with Crippen molar-refractivity contribution >= 4 is 44.9 Å². The molecule has 0 aromatic heterocycles. The van der Waals surface area contributed by atoms with E-state index in [4.69, 9.17) is 23.2 Å². The maximum Gasteiger partial charge on any atom is 0.342 e. The summed E-state index contributed by atoms with van der Waals surface area (Å²) in [6.45, 7) is -0.584. The van der Waals surface area contributed by atoms with E-state index in [1.165, 1.54) is 12.1 Å². The minimum atomic E-state index is -4.39. The zero-order valence-corrected chi connectivity index (χ0v) is 15.0. The van der Waals surface area contributed by atoms with Crippen LogP contribution in [0.2, 0.25) is 10.0 Å². The van der Waals surface area contributed by atoms with Crippen molar-refractivity contribution < 1.29 is 27.1 Å². The summed E-state index contributed by atoms with van der Waals surface area (Å²) >= 11 is 11.8. The summed E-state index contributed by atoms with van der Waals surface area (Å²) < 4.78 is 53.2. The van der Waals surface area contributed by atoms with E-state index in [-0.39, 0.29) is 26.2 Å². The third-order valence-electron chi connectivity index (χ3n) is 3.65.